The molecule has 3 rings (SSSR count). The fourth-order valence-corrected chi connectivity index (χ4v) is 3.71. The van der Waals surface area contributed by atoms with E-state index in [-0.39, 0.29) is 6.61 Å². The van der Waals surface area contributed by atoms with E-state index in [2.05, 4.69) is 44.4 Å². The van der Waals surface area contributed by atoms with E-state index in [1.165, 1.54) is 16.1 Å². The Bertz CT molecular complexity index is 567. The largest absolute Gasteiger partial charge is 0.392 e. The first kappa shape index (κ1) is 12.2. The van der Waals surface area contributed by atoms with Crippen molar-refractivity contribution in [1.82, 2.24) is 0 Å². The fraction of sp³-hybridized carbons (Fsp3) is 0.286. The molecule has 1 N–H and O–H groups in total. The quantitative estimate of drug-likeness (QED) is 0.913. The maximum Gasteiger partial charge on any atom is 0.0692 e. The first-order valence-corrected chi connectivity index (χ1v) is 7.64. The molecule has 0 unspecified atom stereocenters. The molecule has 0 saturated heterocycles. The second-order valence-electron chi connectivity index (χ2n) is 4.47. The van der Waals surface area contributed by atoms with Crippen molar-refractivity contribution in [3.05, 3.63) is 50.1 Å². The minimum atomic E-state index is 0.0789. The van der Waals surface area contributed by atoms with Crippen LogP contribution in [-0.2, 0) is 19.6 Å². The van der Waals surface area contributed by atoms with E-state index < -0.39 is 0 Å². The van der Waals surface area contributed by atoms with Crippen LogP contribution in [0.4, 0.5) is 5.69 Å². The lowest BCUT2D eigenvalue weighted by Crippen LogP contribution is -2.29. The summed E-state index contributed by atoms with van der Waals surface area (Å²) in [5, 5.41) is 11.4. The number of aliphatic hydroxyl groups excluding tert-OH is 1. The van der Waals surface area contributed by atoms with Gasteiger partial charge in [-0.05, 0) is 41.1 Å². The van der Waals surface area contributed by atoms with Crippen LogP contribution in [0, 0.1) is 0 Å². The molecular weight excluding hydrogens is 310 g/mol. The van der Waals surface area contributed by atoms with Gasteiger partial charge in [-0.25, -0.2) is 0 Å². The maximum absolute atomic E-state index is 9.18. The van der Waals surface area contributed by atoms with E-state index >= 15 is 0 Å². The van der Waals surface area contributed by atoms with Crippen molar-refractivity contribution >= 4 is 33.0 Å². The molecule has 0 bridgehead atoms. The summed E-state index contributed by atoms with van der Waals surface area (Å²) in [6.45, 7) is 2.14. The van der Waals surface area contributed by atoms with Gasteiger partial charge in [0.2, 0.25) is 0 Å². The molecule has 1 aromatic heterocycles. The minimum Gasteiger partial charge on any atom is -0.392 e. The minimum absolute atomic E-state index is 0.0789. The summed E-state index contributed by atoms with van der Waals surface area (Å²) < 4.78 is 0.985. The molecule has 0 fully saturated rings. The van der Waals surface area contributed by atoms with E-state index in [0.29, 0.717) is 0 Å². The molecule has 1 aromatic carbocycles. The number of benzene rings is 1. The SMILES string of the molecule is OCc1ccc(N2CCc3sccc3C2)cc1Br. The van der Waals surface area contributed by atoms with Gasteiger partial charge < -0.3 is 10.0 Å². The Balaban J connectivity index is 1.86. The summed E-state index contributed by atoms with van der Waals surface area (Å²) in [6, 6.07) is 8.41. The number of rotatable bonds is 2. The third kappa shape index (κ3) is 2.20. The van der Waals surface area contributed by atoms with Crippen LogP contribution in [0.2, 0.25) is 0 Å². The highest BCUT2D eigenvalue weighted by atomic mass is 79.9. The molecule has 0 amide bonds. The van der Waals surface area contributed by atoms with E-state index in [1.54, 1.807) is 0 Å². The van der Waals surface area contributed by atoms with Gasteiger partial charge >= 0.3 is 0 Å². The van der Waals surface area contributed by atoms with Crippen LogP contribution < -0.4 is 4.90 Å². The van der Waals surface area contributed by atoms with Crippen molar-refractivity contribution in [3.8, 4) is 0 Å². The number of thiophene rings is 1. The van der Waals surface area contributed by atoms with Crippen molar-refractivity contribution in [2.24, 2.45) is 0 Å². The molecule has 0 radical (unpaired) electrons. The number of hydrogen-bond donors (Lipinski definition) is 1. The third-order valence-electron chi connectivity index (χ3n) is 3.38. The van der Waals surface area contributed by atoms with Crippen LogP contribution in [0.25, 0.3) is 0 Å². The van der Waals surface area contributed by atoms with Gasteiger partial charge in [0.05, 0.1) is 6.61 Å². The average molecular weight is 324 g/mol. The van der Waals surface area contributed by atoms with Gasteiger partial charge in [-0.1, -0.05) is 22.0 Å². The molecule has 2 heterocycles. The van der Waals surface area contributed by atoms with Crippen molar-refractivity contribution in [2.75, 3.05) is 11.4 Å². The Hall–Kier alpha value is -0.840. The summed E-state index contributed by atoms with van der Waals surface area (Å²) in [5.41, 5.74) is 3.61. The molecule has 1 aliphatic rings. The van der Waals surface area contributed by atoms with E-state index in [9.17, 15) is 5.11 Å². The number of halogens is 1. The number of fused-ring (bicyclic) bond motifs is 1. The smallest absolute Gasteiger partial charge is 0.0692 e. The van der Waals surface area contributed by atoms with E-state index in [1.807, 2.05) is 17.4 Å². The topological polar surface area (TPSA) is 23.5 Å². The van der Waals surface area contributed by atoms with Crippen LogP contribution in [0.1, 0.15) is 16.0 Å². The molecule has 94 valence electrons. The van der Waals surface area contributed by atoms with Crippen molar-refractivity contribution in [1.29, 1.82) is 0 Å². The van der Waals surface area contributed by atoms with Gasteiger partial charge in [0.1, 0.15) is 0 Å². The third-order valence-corrected chi connectivity index (χ3v) is 5.14. The lowest BCUT2D eigenvalue weighted by atomic mass is 10.1. The van der Waals surface area contributed by atoms with Gasteiger partial charge in [-0.15, -0.1) is 11.3 Å². The number of aliphatic hydroxyl groups is 1. The monoisotopic (exact) mass is 323 g/mol. The lowest BCUT2D eigenvalue weighted by molar-refractivity contribution is 0.281. The summed E-state index contributed by atoms with van der Waals surface area (Å²) in [6.07, 6.45) is 1.13. The first-order valence-electron chi connectivity index (χ1n) is 5.97. The average Bonchev–Trinajstić information content (AvgIpc) is 2.85. The zero-order valence-electron chi connectivity index (χ0n) is 9.90. The van der Waals surface area contributed by atoms with Crippen molar-refractivity contribution < 1.29 is 5.11 Å². The summed E-state index contributed by atoms with van der Waals surface area (Å²) in [7, 11) is 0. The molecule has 0 atom stereocenters. The highest BCUT2D eigenvalue weighted by molar-refractivity contribution is 9.10. The zero-order valence-corrected chi connectivity index (χ0v) is 12.3. The molecule has 18 heavy (non-hydrogen) atoms. The molecule has 0 aliphatic carbocycles. The van der Waals surface area contributed by atoms with Gasteiger partial charge in [0, 0.05) is 28.1 Å². The van der Waals surface area contributed by atoms with Crippen LogP contribution >= 0.6 is 27.3 Å². The number of hydrogen-bond acceptors (Lipinski definition) is 3. The standard InChI is InChI=1S/C14H14BrNOS/c15-13-7-12(2-1-11(13)9-17)16-5-3-14-10(8-16)4-6-18-14/h1-2,4,6-7,17H,3,5,8-9H2. The number of anilines is 1. The predicted molar refractivity (Wildman–Crippen MR) is 79.1 cm³/mol. The van der Waals surface area contributed by atoms with Gasteiger partial charge in [-0.2, -0.15) is 0 Å². The zero-order chi connectivity index (χ0) is 12.5. The Morgan fingerprint density at radius 3 is 3.00 bits per heavy atom. The molecular formula is C14H14BrNOS. The van der Waals surface area contributed by atoms with E-state index in [0.717, 1.165) is 29.5 Å². The van der Waals surface area contributed by atoms with Crippen LogP contribution in [-0.4, -0.2) is 11.7 Å². The van der Waals surface area contributed by atoms with Crippen molar-refractivity contribution in [3.63, 3.8) is 0 Å². The summed E-state index contributed by atoms with van der Waals surface area (Å²) in [4.78, 5) is 3.92. The summed E-state index contributed by atoms with van der Waals surface area (Å²) >= 11 is 5.38. The predicted octanol–water partition coefficient (Wildman–Crippen LogP) is 3.57. The first-order chi connectivity index (χ1) is 8.78. The number of nitrogens with zero attached hydrogens (tertiary/aromatic N) is 1. The lowest BCUT2D eigenvalue weighted by Gasteiger charge is -2.29. The van der Waals surface area contributed by atoms with Gasteiger partial charge in [-0.3, -0.25) is 0 Å². The Morgan fingerprint density at radius 1 is 1.33 bits per heavy atom. The molecule has 0 spiro atoms. The van der Waals surface area contributed by atoms with Crippen molar-refractivity contribution in [2.45, 2.75) is 19.6 Å². The summed E-state index contributed by atoms with van der Waals surface area (Å²) in [5.74, 6) is 0. The molecule has 1 aliphatic heterocycles. The van der Waals surface area contributed by atoms with Crippen LogP contribution in [0.5, 0.6) is 0 Å². The second kappa shape index (κ2) is 5.03. The molecule has 2 nitrogen and oxygen atoms in total. The maximum atomic E-state index is 9.18. The highest BCUT2D eigenvalue weighted by Crippen LogP contribution is 2.30. The van der Waals surface area contributed by atoms with Crippen LogP contribution in [0.15, 0.2) is 34.1 Å². The fourth-order valence-electron chi connectivity index (χ4n) is 2.33. The Labute approximate surface area is 119 Å². The Kier molecular flexibility index (Phi) is 3.41. The molecule has 4 heteroatoms. The second-order valence-corrected chi connectivity index (χ2v) is 6.33. The molecule has 2 aromatic rings. The van der Waals surface area contributed by atoms with Gasteiger partial charge in [0.25, 0.3) is 0 Å². The highest BCUT2D eigenvalue weighted by Gasteiger charge is 2.17. The van der Waals surface area contributed by atoms with Gasteiger partial charge in [0.15, 0.2) is 0 Å². The van der Waals surface area contributed by atoms with E-state index in [4.69, 9.17) is 0 Å². The van der Waals surface area contributed by atoms with Crippen LogP contribution in [0.3, 0.4) is 0 Å². The Morgan fingerprint density at radius 2 is 2.22 bits per heavy atom. The molecule has 0 saturated carbocycles. The normalized spacial score (nSPS) is 14.7.